The Morgan fingerprint density at radius 3 is 1.73 bits per heavy atom. The zero-order chi connectivity index (χ0) is 44.0. The number of rotatable bonds is 7. The van der Waals surface area contributed by atoms with Crippen molar-refractivity contribution in [2.75, 3.05) is 4.90 Å². The second-order valence-corrected chi connectivity index (χ2v) is 18.4. The number of fused-ring (bicyclic) bond motifs is 9. The highest BCUT2D eigenvalue weighted by molar-refractivity contribution is 6.09. The number of nitrogens with zero attached hydrogens (tertiary/aromatic N) is 1. The molecule has 2 aliphatic carbocycles. The molecule has 0 aliphatic heterocycles. The summed E-state index contributed by atoms with van der Waals surface area (Å²) in [5.74, 6) is 0. The molecule has 13 rings (SSSR count). The predicted molar refractivity (Wildman–Crippen MR) is 274 cm³/mol. The average Bonchev–Trinajstić information content (AvgIpc) is 3.99. The fourth-order valence-electron chi connectivity index (χ4n) is 11.6. The van der Waals surface area contributed by atoms with E-state index in [2.05, 4.69) is 249 Å². The van der Waals surface area contributed by atoms with Crippen LogP contribution in [0.15, 0.2) is 241 Å². The zero-order valence-electron chi connectivity index (χ0n) is 36.9. The van der Waals surface area contributed by atoms with Crippen molar-refractivity contribution in [2.24, 2.45) is 0 Å². The molecule has 0 saturated heterocycles. The highest BCUT2D eigenvalue weighted by Gasteiger charge is 2.47. The van der Waals surface area contributed by atoms with Crippen molar-refractivity contribution >= 4 is 39.0 Å². The van der Waals surface area contributed by atoms with Crippen molar-refractivity contribution in [1.29, 1.82) is 0 Å². The molecular formula is C64H45NO. The molecule has 2 aliphatic rings. The Hall–Kier alpha value is -8.20. The summed E-state index contributed by atoms with van der Waals surface area (Å²) in [5.41, 5.74) is 22.0. The maximum absolute atomic E-state index is 6.48. The Morgan fingerprint density at radius 2 is 0.939 bits per heavy atom. The fourth-order valence-corrected chi connectivity index (χ4v) is 11.6. The summed E-state index contributed by atoms with van der Waals surface area (Å²) in [5, 5.41) is 2.28. The van der Waals surface area contributed by atoms with Crippen molar-refractivity contribution in [1.82, 2.24) is 0 Å². The summed E-state index contributed by atoms with van der Waals surface area (Å²) in [6.07, 6.45) is 0. The molecule has 0 spiro atoms. The van der Waals surface area contributed by atoms with E-state index in [0.29, 0.717) is 0 Å². The lowest BCUT2D eigenvalue weighted by atomic mass is 9.68. The standard InChI is InChI=1S/C64H45NO/c1-63(2)55-29-12-9-24-50(55)51-39-38-48(41-58(51)63)65(47-36-34-42(35-37-47)43-18-15-19-44(40-43)49-27-16-28-53-52-25-11-14-33-60(52)66-62(49)53)59-32-17-31-57-61(59)54-26-10-13-30-56(54)64(57,45-20-5-3-6-21-45)46-22-7-4-8-23-46/h3-41H,1-2H3. The van der Waals surface area contributed by atoms with Gasteiger partial charge in [-0.05, 0) is 109 Å². The molecule has 66 heavy (non-hydrogen) atoms. The molecule has 0 radical (unpaired) electrons. The van der Waals surface area contributed by atoms with Crippen molar-refractivity contribution < 1.29 is 4.42 Å². The number of hydrogen-bond acceptors (Lipinski definition) is 2. The van der Waals surface area contributed by atoms with E-state index in [1.807, 2.05) is 6.07 Å². The molecule has 11 aromatic rings. The topological polar surface area (TPSA) is 16.4 Å². The predicted octanol–water partition coefficient (Wildman–Crippen LogP) is 17.1. The molecule has 10 aromatic carbocycles. The fraction of sp³-hybridized carbons (Fsp3) is 0.0625. The van der Waals surface area contributed by atoms with Gasteiger partial charge in [0.2, 0.25) is 0 Å². The molecule has 1 heterocycles. The van der Waals surface area contributed by atoms with Gasteiger partial charge in [-0.1, -0.05) is 208 Å². The van der Waals surface area contributed by atoms with Crippen LogP contribution in [0.3, 0.4) is 0 Å². The largest absolute Gasteiger partial charge is 0.455 e. The minimum absolute atomic E-state index is 0.157. The molecule has 0 unspecified atom stereocenters. The summed E-state index contributed by atoms with van der Waals surface area (Å²) in [6, 6.07) is 87.0. The third-order valence-corrected chi connectivity index (χ3v) is 14.6. The van der Waals surface area contributed by atoms with Gasteiger partial charge in [-0.15, -0.1) is 0 Å². The monoisotopic (exact) mass is 843 g/mol. The van der Waals surface area contributed by atoms with Gasteiger partial charge in [0.05, 0.1) is 11.1 Å². The first-order valence-corrected chi connectivity index (χ1v) is 23.0. The zero-order valence-corrected chi connectivity index (χ0v) is 36.9. The first-order valence-electron chi connectivity index (χ1n) is 23.0. The lowest BCUT2D eigenvalue weighted by Gasteiger charge is -2.34. The van der Waals surface area contributed by atoms with Crippen LogP contribution in [-0.4, -0.2) is 0 Å². The van der Waals surface area contributed by atoms with Crippen LogP contribution < -0.4 is 4.90 Å². The average molecular weight is 844 g/mol. The number of anilines is 3. The molecule has 2 nitrogen and oxygen atoms in total. The Kier molecular flexibility index (Phi) is 8.51. The van der Waals surface area contributed by atoms with E-state index < -0.39 is 5.41 Å². The smallest absolute Gasteiger partial charge is 0.143 e. The molecule has 2 heteroatoms. The van der Waals surface area contributed by atoms with E-state index >= 15 is 0 Å². The minimum Gasteiger partial charge on any atom is -0.455 e. The maximum atomic E-state index is 6.48. The van der Waals surface area contributed by atoms with Crippen LogP contribution in [0, 0.1) is 0 Å². The van der Waals surface area contributed by atoms with E-state index in [0.717, 1.165) is 61.3 Å². The van der Waals surface area contributed by atoms with Gasteiger partial charge >= 0.3 is 0 Å². The summed E-state index contributed by atoms with van der Waals surface area (Å²) >= 11 is 0. The maximum Gasteiger partial charge on any atom is 0.143 e. The van der Waals surface area contributed by atoms with E-state index in [4.69, 9.17) is 4.42 Å². The number of hydrogen-bond donors (Lipinski definition) is 0. The third-order valence-electron chi connectivity index (χ3n) is 14.6. The molecule has 0 atom stereocenters. The van der Waals surface area contributed by atoms with Gasteiger partial charge < -0.3 is 9.32 Å². The summed E-state index contributed by atoms with van der Waals surface area (Å²) in [6.45, 7) is 4.74. The van der Waals surface area contributed by atoms with Gasteiger partial charge in [-0.3, -0.25) is 0 Å². The SMILES string of the molecule is CC1(C)c2ccccc2-c2ccc(N(c3ccc(-c4cccc(-c5cccc6c5oc5ccccc56)c4)cc3)c3cccc4c3-c3ccccc3C4(c3ccccc3)c3ccccc3)cc21. The molecule has 0 bridgehead atoms. The Balaban J connectivity index is 0.998. The van der Waals surface area contributed by atoms with Crippen LogP contribution in [-0.2, 0) is 10.8 Å². The van der Waals surface area contributed by atoms with E-state index in [-0.39, 0.29) is 5.41 Å². The molecule has 0 amide bonds. The second-order valence-electron chi connectivity index (χ2n) is 18.4. The molecule has 1 aromatic heterocycles. The minimum atomic E-state index is -0.515. The van der Waals surface area contributed by atoms with Gasteiger partial charge in [-0.2, -0.15) is 0 Å². The summed E-state index contributed by atoms with van der Waals surface area (Å²) in [7, 11) is 0. The Bertz CT molecular complexity index is 3630. The van der Waals surface area contributed by atoms with E-state index in [1.165, 1.54) is 55.6 Å². The Labute approximate surface area is 385 Å². The first-order chi connectivity index (χ1) is 32.5. The number of benzene rings is 10. The van der Waals surface area contributed by atoms with Crippen molar-refractivity contribution in [3.63, 3.8) is 0 Å². The van der Waals surface area contributed by atoms with Gasteiger partial charge in [-0.25, -0.2) is 0 Å². The van der Waals surface area contributed by atoms with E-state index in [1.54, 1.807) is 0 Å². The van der Waals surface area contributed by atoms with Gasteiger partial charge in [0, 0.05) is 38.7 Å². The van der Waals surface area contributed by atoms with Gasteiger partial charge in [0.25, 0.3) is 0 Å². The first kappa shape index (κ1) is 38.3. The lowest BCUT2D eigenvalue weighted by Crippen LogP contribution is -2.28. The van der Waals surface area contributed by atoms with Crippen molar-refractivity contribution in [3.05, 3.63) is 270 Å². The van der Waals surface area contributed by atoms with Crippen molar-refractivity contribution in [2.45, 2.75) is 24.7 Å². The van der Waals surface area contributed by atoms with Crippen LogP contribution in [0.25, 0.3) is 66.4 Å². The summed E-state index contributed by atoms with van der Waals surface area (Å²) < 4.78 is 6.48. The lowest BCUT2D eigenvalue weighted by molar-refractivity contribution is 0.660. The summed E-state index contributed by atoms with van der Waals surface area (Å²) in [4.78, 5) is 2.50. The molecule has 312 valence electrons. The normalized spacial score (nSPS) is 13.8. The number of furan rings is 1. The van der Waals surface area contributed by atoms with Crippen LogP contribution in [0.2, 0.25) is 0 Å². The molecule has 0 N–H and O–H groups in total. The second kappa shape index (κ2) is 14.7. The quantitative estimate of drug-likeness (QED) is 0.159. The van der Waals surface area contributed by atoms with Crippen LogP contribution in [0.5, 0.6) is 0 Å². The highest BCUT2D eigenvalue weighted by atomic mass is 16.3. The van der Waals surface area contributed by atoms with Gasteiger partial charge in [0.15, 0.2) is 0 Å². The van der Waals surface area contributed by atoms with Crippen LogP contribution in [0.4, 0.5) is 17.1 Å². The highest BCUT2D eigenvalue weighted by Crippen LogP contribution is 2.60. The Morgan fingerprint density at radius 1 is 0.364 bits per heavy atom. The third kappa shape index (κ3) is 5.55. The molecule has 0 fully saturated rings. The van der Waals surface area contributed by atoms with Gasteiger partial charge in [0.1, 0.15) is 11.2 Å². The van der Waals surface area contributed by atoms with Crippen LogP contribution >= 0.6 is 0 Å². The molecule has 0 saturated carbocycles. The van der Waals surface area contributed by atoms with E-state index in [9.17, 15) is 0 Å². The van der Waals surface area contributed by atoms with Crippen LogP contribution in [0.1, 0.15) is 47.2 Å². The molecular weight excluding hydrogens is 799 g/mol. The number of para-hydroxylation sites is 2. The van der Waals surface area contributed by atoms with Crippen molar-refractivity contribution in [3.8, 4) is 44.5 Å².